The van der Waals surface area contributed by atoms with Gasteiger partial charge in [-0.3, -0.25) is 9.59 Å². The summed E-state index contributed by atoms with van der Waals surface area (Å²) in [7, 11) is 1.00. The van der Waals surface area contributed by atoms with Crippen LogP contribution >= 0.6 is 12.0 Å². The summed E-state index contributed by atoms with van der Waals surface area (Å²) in [4.78, 5) is 21.0. The van der Waals surface area contributed by atoms with Gasteiger partial charge in [-0.25, -0.2) is 0 Å². The van der Waals surface area contributed by atoms with E-state index in [-0.39, 0.29) is 19.2 Å². The van der Waals surface area contributed by atoms with Crippen molar-refractivity contribution >= 4 is 24.5 Å². The predicted octanol–water partition coefficient (Wildman–Crippen LogP) is 5.84. The zero-order valence-corrected chi connectivity index (χ0v) is 19.1. The fourth-order valence-electron chi connectivity index (χ4n) is 1.73. The van der Waals surface area contributed by atoms with Crippen LogP contribution in [0.1, 0.15) is 78.6 Å². The molecule has 0 aliphatic rings. The molecule has 0 fully saturated rings. The van der Waals surface area contributed by atoms with Crippen molar-refractivity contribution in [3.63, 3.8) is 0 Å². The molecule has 0 unspecified atom stereocenters. The van der Waals surface area contributed by atoms with Crippen LogP contribution in [0.15, 0.2) is 12.7 Å². The number of hydrogen-bond donors (Lipinski definition) is 2. The molecule has 0 rings (SSSR count). The largest absolute Gasteiger partial charge is 0.464 e. The molecule has 176 valence electrons. The summed E-state index contributed by atoms with van der Waals surface area (Å²) in [6, 6.07) is 0. The molecule has 9 heteroatoms. The summed E-state index contributed by atoms with van der Waals surface area (Å²) in [5, 5.41) is 4.01. The SMILES string of the molecule is C=CC.CC(F)(F)SO.CCCCCCCCCCC(=O)OCCOC=O.CO. The molecule has 0 spiro atoms. The van der Waals surface area contributed by atoms with Crippen molar-refractivity contribution in [2.45, 2.75) is 83.8 Å². The number of esters is 1. The third-order valence-corrected chi connectivity index (χ3v) is 3.25. The van der Waals surface area contributed by atoms with Crippen molar-refractivity contribution in [3.05, 3.63) is 12.7 Å². The molecule has 0 aliphatic heterocycles. The summed E-state index contributed by atoms with van der Waals surface area (Å²) < 4.78 is 39.2. The first-order valence-electron chi connectivity index (χ1n) is 9.72. The van der Waals surface area contributed by atoms with Crippen LogP contribution in [0.4, 0.5) is 8.78 Å². The van der Waals surface area contributed by atoms with E-state index in [9.17, 15) is 18.4 Å². The number of rotatable bonds is 14. The van der Waals surface area contributed by atoms with Gasteiger partial charge in [-0.2, -0.15) is 8.78 Å². The van der Waals surface area contributed by atoms with Gasteiger partial charge in [-0.1, -0.05) is 57.9 Å². The van der Waals surface area contributed by atoms with Gasteiger partial charge in [0.05, 0.1) is 12.0 Å². The fraction of sp³-hybridized carbons (Fsp3) is 0.800. The molecule has 0 saturated carbocycles. The molecule has 0 aliphatic carbocycles. The maximum atomic E-state index is 11.2. The van der Waals surface area contributed by atoms with Crippen LogP contribution in [-0.2, 0) is 19.1 Å². The zero-order chi connectivity index (χ0) is 23.4. The lowest BCUT2D eigenvalue weighted by molar-refractivity contribution is -0.147. The maximum absolute atomic E-state index is 11.2. The van der Waals surface area contributed by atoms with Crippen LogP contribution < -0.4 is 0 Å². The van der Waals surface area contributed by atoms with E-state index in [4.69, 9.17) is 14.4 Å². The minimum Gasteiger partial charge on any atom is -0.464 e. The summed E-state index contributed by atoms with van der Waals surface area (Å²) in [5.41, 5.74) is 0. The Morgan fingerprint density at radius 1 is 1.07 bits per heavy atom. The lowest BCUT2D eigenvalue weighted by Crippen LogP contribution is -2.09. The topological polar surface area (TPSA) is 93.1 Å². The molecule has 0 aromatic rings. The molecule has 0 atom stereocenters. The van der Waals surface area contributed by atoms with Gasteiger partial charge in [-0.15, -0.1) is 6.58 Å². The Morgan fingerprint density at radius 2 is 1.48 bits per heavy atom. The third kappa shape index (κ3) is 52.0. The monoisotopic (exact) mass is 446 g/mol. The van der Waals surface area contributed by atoms with E-state index in [0.717, 1.165) is 20.0 Å². The van der Waals surface area contributed by atoms with Gasteiger partial charge in [0.25, 0.3) is 6.47 Å². The number of unbranched alkanes of at least 4 members (excludes halogenated alkanes) is 7. The highest BCUT2D eigenvalue weighted by molar-refractivity contribution is 7.94. The van der Waals surface area contributed by atoms with Gasteiger partial charge in [0.1, 0.15) is 13.2 Å². The number of alkyl halides is 2. The molecule has 0 aromatic carbocycles. The van der Waals surface area contributed by atoms with Crippen LogP contribution in [-0.4, -0.2) is 47.7 Å². The Balaban J connectivity index is -0.000000235. The highest BCUT2D eigenvalue weighted by Gasteiger charge is 2.19. The Hall–Kier alpha value is -1.19. The summed E-state index contributed by atoms with van der Waals surface area (Å²) in [6.07, 6.45) is 11.9. The van der Waals surface area contributed by atoms with Crippen LogP contribution in [0.2, 0.25) is 0 Å². The number of ether oxygens (including phenoxy) is 2. The van der Waals surface area contributed by atoms with E-state index in [0.29, 0.717) is 19.8 Å². The molecule has 0 saturated heterocycles. The second-order valence-electron chi connectivity index (χ2n) is 5.72. The highest BCUT2D eigenvalue weighted by Crippen LogP contribution is 2.23. The minimum absolute atomic E-state index is 0.146. The van der Waals surface area contributed by atoms with Gasteiger partial charge in [0.2, 0.25) is 0 Å². The lowest BCUT2D eigenvalue weighted by atomic mass is 10.1. The molecule has 0 radical (unpaired) electrons. The van der Waals surface area contributed by atoms with E-state index in [1.54, 1.807) is 6.08 Å². The van der Waals surface area contributed by atoms with Crippen molar-refractivity contribution in [1.82, 2.24) is 0 Å². The van der Waals surface area contributed by atoms with Gasteiger partial charge in [0, 0.05) is 20.5 Å². The van der Waals surface area contributed by atoms with Gasteiger partial charge >= 0.3 is 11.2 Å². The summed E-state index contributed by atoms with van der Waals surface area (Å²) >= 11 is -0.451. The van der Waals surface area contributed by atoms with Crippen molar-refractivity contribution in [2.75, 3.05) is 20.3 Å². The average Bonchev–Trinajstić information content (AvgIpc) is 2.69. The highest BCUT2D eigenvalue weighted by atomic mass is 32.2. The van der Waals surface area contributed by atoms with Crippen molar-refractivity contribution in [1.29, 1.82) is 0 Å². The van der Waals surface area contributed by atoms with Crippen molar-refractivity contribution in [3.8, 4) is 0 Å². The molecule has 0 aromatic heterocycles. The van der Waals surface area contributed by atoms with Gasteiger partial charge < -0.3 is 19.1 Å². The number of aliphatic hydroxyl groups excluding tert-OH is 1. The van der Waals surface area contributed by atoms with Crippen LogP contribution in [0.25, 0.3) is 0 Å². The smallest absolute Gasteiger partial charge is 0.314 e. The standard InChI is InChI=1S/C14H26O4.C3H6.C2H4F2OS.CH4O/c1-2-3-4-5-6-7-8-9-10-14(16)18-12-11-17-13-15;1-3-2;1-2(3,4)6-5;1-2/h13H,2-12H2,1H3;3H,1H2,2H3;5H,1H3;2H,1H3. The van der Waals surface area contributed by atoms with Gasteiger partial charge in [-0.05, 0) is 13.3 Å². The molecule has 0 amide bonds. The second-order valence-corrected chi connectivity index (χ2v) is 6.62. The molecule has 0 bridgehead atoms. The quantitative estimate of drug-likeness (QED) is 0.114. The van der Waals surface area contributed by atoms with E-state index < -0.39 is 17.3 Å². The van der Waals surface area contributed by atoms with Crippen molar-refractivity contribution in [2.24, 2.45) is 0 Å². The Morgan fingerprint density at radius 3 is 1.86 bits per heavy atom. The van der Waals surface area contributed by atoms with Crippen LogP contribution in [0, 0.1) is 0 Å². The van der Waals surface area contributed by atoms with Crippen LogP contribution in [0.3, 0.4) is 0 Å². The molecular formula is C20H40F2O6S. The maximum Gasteiger partial charge on any atom is 0.314 e. The molecular weight excluding hydrogens is 406 g/mol. The van der Waals surface area contributed by atoms with E-state index >= 15 is 0 Å². The third-order valence-electron chi connectivity index (χ3n) is 2.93. The first-order valence-corrected chi connectivity index (χ1v) is 10.5. The number of halogens is 2. The number of aliphatic hydroxyl groups is 1. The van der Waals surface area contributed by atoms with Crippen molar-refractivity contribution < 1.29 is 37.5 Å². The average molecular weight is 447 g/mol. The Bertz CT molecular complexity index is 339. The zero-order valence-electron chi connectivity index (χ0n) is 18.3. The normalized spacial score (nSPS) is 9.38. The molecule has 29 heavy (non-hydrogen) atoms. The first-order chi connectivity index (χ1) is 13.8. The van der Waals surface area contributed by atoms with E-state index in [1.807, 2.05) is 6.92 Å². The summed E-state index contributed by atoms with van der Waals surface area (Å²) in [6.45, 7) is 8.75. The molecule has 0 heterocycles. The van der Waals surface area contributed by atoms with Crippen LogP contribution in [0.5, 0.6) is 0 Å². The number of hydrogen-bond acceptors (Lipinski definition) is 7. The van der Waals surface area contributed by atoms with Gasteiger partial charge in [0.15, 0.2) is 0 Å². The first kappa shape index (κ1) is 35.3. The molecule has 2 N–H and O–H groups in total. The summed E-state index contributed by atoms with van der Waals surface area (Å²) in [5.74, 6) is -0.199. The minimum atomic E-state index is -2.99. The number of allylic oxidation sites excluding steroid dienone is 1. The Labute approximate surface area is 179 Å². The van der Waals surface area contributed by atoms with E-state index in [2.05, 4.69) is 18.2 Å². The Kier molecular flexibility index (Phi) is 38.3. The van der Waals surface area contributed by atoms with E-state index in [1.165, 1.54) is 38.5 Å². The number of carbonyl (C=O) groups excluding carboxylic acids is 2. The molecule has 6 nitrogen and oxygen atoms in total. The second kappa shape index (κ2) is 31.5. The lowest BCUT2D eigenvalue weighted by Gasteiger charge is -2.04. The number of carbonyl (C=O) groups is 2. The predicted molar refractivity (Wildman–Crippen MR) is 115 cm³/mol. The fourth-order valence-corrected chi connectivity index (χ4v) is 1.73.